The van der Waals surface area contributed by atoms with Gasteiger partial charge in [-0.25, -0.2) is 9.97 Å². The molecule has 0 unspecified atom stereocenters. The fraction of sp³-hybridized carbons (Fsp3) is 0.261. The van der Waals surface area contributed by atoms with Crippen molar-refractivity contribution in [3.05, 3.63) is 72.6 Å². The first-order valence-corrected chi connectivity index (χ1v) is 11.6. The highest BCUT2D eigenvalue weighted by atomic mass is 35.5. The van der Waals surface area contributed by atoms with Gasteiger partial charge in [0.15, 0.2) is 0 Å². The fourth-order valence-corrected chi connectivity index (χ4v) is 4.92. The summed E-state index contributed by atoms with van der Waals surface area (Å²) >= 11 is 7.89. The summed E-state index contributed by atoms with van der Waals surface area (Å²) in [4.78, 5) is 29.0. The van der Waals surface area contributed by atoms with Crippen molar-refractivity contribution in [1.82, 2.24) is 24.8 Å². The normalized spacial score (nSPS) is 16.8. The standard InChI is InChI=1S/C23H22ClN5O2S/c1-29-6-4-16(5-7-29)31-17-3-2-14(19(24)10-17)9-21-28-23(30)20(32-21)8-15-11-26-22-18(15)12-25-13-27-22/h2-3,8-13,16H,4-7H2,1H3,(H,28,30)(H,25,26,27). The van der Waals surface area contributed by atoms with E-state index in [4.69, 9.17) is 16.3 Å². The van der Waals surface area contributed by atoms with Gasteiger partial charge in [-0.15, -0.1) is 11.3 Å². The Bertz CT molecular complexity index is 1430. The van der Waals surface area contributed by atoms with Crippen LogP contribution in [0, 0.1) is 0 Å². The second-order valence-electron chi connectivity index (χ2n) is 7.91. The maximum Gasteiger partial charge on any atom is 0.266 e. The van der Waals surface area contributed by atoms with Crippen molar-refractivity contribution in [2.45, 2.75) is 18.9 Å². The Kier molecular flexibility index (Phi) is 5.82. The highest BCUT2D eigenvalue weighted by molar-refractivity contribution is 7.07. The lowest BCUT2D eigenvalue weighted by Gasteiger charge is -2.29. The van der Waals surface area contributed by atoms with Gasteiger partial charge in [0, 0.05) is 36.4 Å². The molecule has 0 saturated carbocycles. The van der Waals surface area contributed by atoms with Gasteiger partial charge < -0.3 is 19.6 Å². The Balaban J connectivity index is 1.40. The van der Waals surface area contributed by atoms with E-state index >= 15 is 0 Å². The van der Waals surface area contributed by atoms with E-state index in [0.29, 0.717) is 9.55 Å². The van der Waals surface area contributed by atoms with E-state index in [1.165, 1.54) is 17.7 Å². The van der Waals surface area contributed by atoms with Crippen LogP contribution >= 0.6 is 22.9 Å². The molecule has 0 radical (unpaired) electrons. The molecule has 9 heteroatoms. The molecule has 0 aliphatic carbocycles. The average Bonchev–Trinajstić information content (AvgIpc) is 3.35. The van der Waals surface area contributed by atoms with Crippen LogP contribution in [0.25, 0.3) is 23.2 Å². The quantitative estimate of drug-likeness (QED) is 0.481. The molecule has 0 amide bonds. The van der Waals surface area contributed by atoms with Gasteiger partial charge in [0.1, 0.15) is 23.8 Å². The summed E-state index contributed by atoms with van der Waals surface area (Å²) in [5.74, 6) is 0.775. The molecule has 164 valence electrons. The van der Waals surface area contributed by atoms with Crippen LogP contribution in [0.15, 0.2) is 41.7 Å². The summed E-state index contributed by atoms with van der Waals surface area (Å²) in [6.07, 6.45) is 11.0. The Morgan fingerprint density at radius 2 is 2.09 bits per heavy atom. The molecule has 1 aliphatic rings. The molecule has 0 spiro atoms. The number of piperidine rings is 1. The lowest BCUT2D eigenvalue weighted by Crippen LogP contribution is -2.35. The van der Waals surface area contributed by atoms with Crippen LogP contribution < -0.4 is 19.5 Å². The van der Waals surface area contributed by atoms with Gasteiger partial charge in [0.25, 0.3) is 5.56 Å². The molecule has 1 aromatic carbocycles. The number of halogens is 1. The van der Waals surface area contributed by atoms with Crippen molar-refractivity contribution >= 4 is 46.1 Å². The summed E-state index contributed by atoms with van der Waals surface area (Å²) in [6, 6.07) is 5.70. The van der Waals surface area contributed by atoms with Gasteiger partial charge in [-0.2, -0.15) is 0 Å². The zero-order valence-corrected chi connectivity index (χ0v) is 19.0. The SMILES string of the molecule is CN1CCC(Oc2ccc(C=c3[nH]c(=O)c(=Cc4c[nH]c5ncncc45)s3)c(Cl)c2)CC1. The van der Waals surface area contributed by atoms with Crippen molar-refractivity contribution < 1.29 is 4.74 Å². The molecule has 3 aromatic heterocycles. The van der Waals surface area contributed by atoms with Crippen LogP contribution in [0.1, 0.15) is 24.0 Å². The number of hydrogen-bond donors (Lipinski definition) is 2. The van der Waals surface area contributed by atoms with E-state index in [9.17, 15) is 4.79 Å². The predicted molar refractivity (Wildman–Crippen MR) is 128 cm³/mol. The molecular weight excluding hydrogens is 446 g/mol. The Hall–Kier alpha value is -2.94. The largest absolute Gasteiger partial charge is 0.490 e. The van der Waals surface area contributed by atoms with E-state index in [0.717, 1.165) is 58.5 Å². The van der Waals surface area contributed by atoms with Gasteiger partial charge in [-0.3, -0.25) is 4.79 Å². The molecule has 32 heavy (non-hydrogen) atoms. The maximum atomic E-state index is 12.5. The number of rotatable bonds is 4. The second kappa shape index (κ2) is 8.90. The summed E-state index contributed by atoms with van der Waals surface area (Å²) in [6.45, 7) is 2.09. The molecular formula is C23H22ClN5O2S. The lowest BCUT2D eigenvalue weighted by atomic mass is 10.1. The number of fused-ring (bicyclic) bond motifs is 1. The Morgan fingerprint density at radius 1 is 1.25 bits per heavy atom. The molecule has 1 saturated heterocycles. The predicted octanol–water partition coefficient (Wildman–Crippen LogP) is 2.49. The van der Waals surface area contributed by atoms with E-state index in [2.05, 4.69) is 31.9 Å². The lowest BCUT2D eigenvalue weighted by molar-refractivity contribution is 0.114. The fourth-order valence-electron chi connectivity index (χ4n) is 3.80. The van der Waals surface area contributed by atoms with Gasteiger partial charge in [-0.1, -0.05) is 11.6 Å². The highest BCUT2D eigenvalue weighted by Crippen LogP contribution is 2.25. The molecule has 0 bridgehead atoms. The van der Waals surface area contributed by atoms with Gasteiger partial charge >= 0.3 is 0 Å². The minimum Gasteiger partial charge on any atom is -0.490 e. The van der Waals surface area contributed by atoms with Crippen LogP contribution in [-0.4, -0.2) is 51.1 Å². The number of benzene rings is 1. The van der Waals surface area contributed by atoms with E-state index in [-0.39, 0.29) is 11.7 Å². The van der Waals surface area contributed by atoms with Gasteiger partial charge in [0.2, 0.25) is 0 Å². The van der Waals surface area contributed by atoms with E-state index in [1.54, 1.807) is 6.20 Å². The monoisotopic (exact) mass is 467 g/mol. The average molecular weight is 468 g/mol. The van der Waals surface area contributed by atoms with Gasteiger partial charge in [-0.05, 0) is 55.8 Å². The summed E-state index contributed by atoms with van der Waals surface area (Å²) < 4.78 is 7.43. The molecule has 2 N–H and O–H groups in total. The Morgan fingerprint density at radius 3 is 2.91 bits per heavy atom. The molecule has 1 aliphatic heterocycles. The maximum absolute atomic E-state index is 12.5. The van der Waals surface area contributed by atoms with Crippen LogP contribution in [0.2, 0.25) is 5.02 Å². The second-order valence-corrected chi connectivity index (χ2v) is 9.40. The molecule has 4 heterocycles. The zero-order valence-electron chi connectivity index (χ0n) is 17.5. The van der Waals surface area contributed by atoms with Crippen molar-refractivity contribution in [2.75, 3.05) is 20.1 Å². The number of H-pyrrole nitrogens is 2. The van der Waals surface area contributed by atoms with Crippen molar-refractivity contribution in [3.8, 4) is 5.75 Å². The molecule has 1 fully saturated rings. The number of aromatic amines is 2. The third kappa shape index (κ3) is 4.48. The third-order valence-electron chi connectivity index (χ3n) is 5.58. The Labute approximate surface area is 193 Å². The van der Waals surface area contributed by atoms with Crippen LogP contribution in [0.5, 0.6) is 5.75 Å². The van der Waals surface area contributed by atoms with Crippen LogP contribution in [-0.2, 0) is 0 Å². The minimum absolute atomic E-state index is 0.147. The number of aromatic nitrogens is 4. The first kappa shape index (κ1) is 20.9. The number of nitrogens with zero attached hydrogens (tertiary/aromatic N) is 3. The van der Waals surface area contributed by atoms with Crippen molar-refractivity contribution in [3.63, 3.8) is 0 Å². The molecule has 4 aromatic rings. The third-order valence-corrected chi connectivity index (χ3v) is 6.87. The topological polar surface area (TPSA) is 86.9 Å². The van der Waals surface area contributed by atoms with Crippen molar-refractivity contribution in [1.29, 1.82) is 0 Å². The number of hydrogen-bond acceptors (Lipinski definition) is 6. The van der Waals surface area contributed by atoms with Crippen LogP contribution in [0.3, 0.4) is 0 Å². The number of nitrogens with one attached hydrogen (secondary N) is 2. The summed E-state index contributed by atoms with van der Waals surface area (Å²) in [5, 5.41) is 1.46. The summed E-state index contributed by atoms with van der Waals surface area (Å²) in [5.41, 5.74) is 2.28. The highest BCUT2D eigenvalue weighted by Gasteiger charge is 2.18. The molecule has 7 nitrogen and oxygen atoms in total. The summed E-state index contributed by atoms with van der Waals surface area (Å²) in [7, 11) is 2.13. The molecule has 5 rings (SSSR count). The van der Waals surface area contributed by atoms with E-state index in [1.807, 2.05) is 36.5 Å². The zero-order chi connectivity index (χ0) is 22.1. The van der Waals surface area contributed by atoms with Crippen molar-refractivity contribution in [2.24, 2.45) is 0 Å². The number of ether oxygens (including phenoxy) is 1. The smallest absolute Gasteiger partial charge is 0.266 e. The first-order chi connectivity index (χ1) is 15.5. The van der Waals surface area contributed by atoms with E-state index < -0.39 is 0 Å². The number of likely N-dealkylation sites (tertiary alicyclic amines) is 1. The minimum atomic E-state index is -0.147. The van der Waals surface area contributed by atoms with Crippen LogP contribution in [0.4, 0.5) is 0 Å². The molecule has 0 atom stereocenters. The first-order valence-electron chi connectivity index (χ1n) is 10.4. The van der Waals surface area contributed by atoms with Gasteiger partial charge in [0.05, 0.1) is 14.2 Å². The number of thiazole rings is 1.